The van der Waals surface area contributed by atoms with Crippen LogP contribution in [0.25, 0.3) is 10.9 Å². The van der Waals surface area contributed by atoms with Crippen LogP contribution in [0.1, 0.15) is 22.1 Å². The maximum absolute atomic E-state index is 13.0. The van der Waals surface area contributed by atoms with Gasteiger partial charge in [-0.2, -0.15) is 4.98 Å². The van der Waals surface area contributed by atoms with Crippen LogP contribution in [0.3, 0.4) is 0 Å². The fourth-order valence-electron chi connectivity index (χ4n) is 3.52. The van der Waals surface area contributed by atoms with Crippen LogP contribution in [0.15, 0.2) is 35.0 Å². The Morgan fingerprint density at radius 3 is 2.78 bits per heavy atom. The fourth-order valence-corrected chi connectivity index (χ4v) is 3.52. The molecule has 1 aliphatic heterocycles. The fraction of sp³-hybridized carbons (Fsp3) is 0.421. The zero-order valence-electron chi connectivity index (χ0n) is 15.6. The first-order valence-electron chi connectivity index (χ1n) is 9.02. The number of amides is 1. The lowest BCUT2D eigenvalue weighted by Gasteiger charge is -2.33. The van der Waals surface area contributed by atoms with Crippen LogP contribution in [-0.4, -0.2) is 63.7 Å². The molecular weight excluding hydrogens is 346 g/mol. The van der Waals surface area contributed by atoms with E-state index in [1.54, 1.807) is 7.11 Å². The van der Waals surface area contributed by atoms with E-state index in [0.717, 1.165) is 29.6 Å². The molecule has 0 saturated carbocycles. The number of para-hydroxylation sites is 1. The van der Waals surface area contributed by atoms with Gasteiger partial charge in [0.2, 0.25) is 5.89 Å². The molecule has 0 atom stereocenters. The molecule has 0 unspecified atom stereocenters. The van der Waals surface area contributed by atoms with E-state index in [1.165, 1.54) is 0 Å². The predicted octanol–water partition coefficient (Wildman–Crippen LogP) is 1.67. The molecule has 27 heavy (non-hydrogen) atoms. The molecule has 0 bridgehead atoms. The molecule has 1 saturated heterocycles. The van der Waals surface area contributed by atoms with Crippen molar-refractivity contribution in [1.82, 2.24) is 24.5 Å². The zero-order valence-corrected chi connectivity index (χ0v) is 15.6. The van der Waals surface area contributed by atoms with Crippen molar-refractivity contribution in [1.29, 1.82) is 0 Å². The summed E-state index contributed by atoms with van der Waals surface area (Å²) in [4.78, 5) is 21.4. The Kier molecular flexibility index (Phi) is 4.91. The number of carbonyl (C=O) groups excluding carboxylic acids is 1. The Bertz CT molecular complexity index is 940. The second-order valence-electron chi connectivity index (χ2n) is 6.78. The summed E-state index contributed by atoms with van der Waals surface area (Å²) in [6.45, 7) is 3.85. The van der Waals surface area contributed by atoms with Crippen molar-refractivity contribution < 1.29 is 14.1 Å². The summed E-state index contributed by atoms with van der Waals surface area (Å²) in [5.41, 5.74) is 1.84. The Balaban J connectivity index is 1.39. The molecule has 1 amide bonds. The van der Waals surface area contributed by atoms with Crippen molar-refractivity contribution in [3.05, 3.63) is 47.7 Å². The van der Waals surface area contributed by atoms with Gasteiger partial charge in [-0.25, -0.2) is 0 Å². The average molecular weight is 369 g/mol. The van der Waals surface area contributed by atoms with E-state index in [0.29, 0.717) is 38.0 Å². The van der Waals surface area contributed by atoms with E-state index < -0.39 is 0 Å². The summed E-state index contributed by atoms with van der Waals surface area (Å²) < 4.78 is 12.3. The highest BCUT2D eigenvalue weighted by atomic mass is 16.5. The molecule has 0 radical (unpaired) electrons. The van der Waals surface area contributed by atoms with Crippen LogP contribution in [-0.2, 0) is 24.9 Å². The van der Waals surface area contributed by atoms with Crippen molar-refractivity contribution in [2.75, 3.05) is 33.3 Å². The zero-order chi connectivity index (χ0) is 18.8. The lowest BCUT2D eigenvalue weighted by Crippen LogP contribution is -2.48. The van der Waals surface area contributed by atoms with Crippen LogP contribution < -0.4 is 0 Å². The Hall–Kier alpha value is -2.71. The smallest absolute Gasteiger partial charge is 0.256 e. The van der Waals surface area contributed by atoms with Crippen LogP contribution >= 0.6 is 0 Å². The van der Waals surface area contributed by atoms with Gasteiger partial charge in [-0.1, -0.05) is 23.4 Å². The summed E-state index contributed by atoms with van der Waals surface area (Å²) in [5.74, 6) is 1.22. The largest absolute Gasteiger partial charge is 0.377 e. The molecule has 142 valence electrons. The first-order valence-corrected chi connectivity index (χ1v) is 9.02. The Morgan fingerprint density at radius 1 is 1.22 bits per heavy atom. The Labute approximate surface area is 157 Å². The number of methoxy groups -OCH3 is 1. The topological polar surface area (TPSA) is 76.6 Å². The highest BCUT2D eigenvalue weighted by molar-refractivity contribution is 6.07. The SMILES string of the molecule is COCc1noc(CN2CCN(C(=O)c3cn(C)c4ccccc34)CC2)n1. The number of rotatable bonds is 5. The van der Waals surface area contributed by atoms with Gasteiger partial charge >= 0.3 is 0 Å². The number of piperazine rings is 1. The highest BCUT2D eigenvalue weighted by Crippen LogP contribution is 2.22. The molecule has 8 nitrogen and oxygen atoms in total. The molecule has 2 aromatic heterocycles. The van der Waals surface area contributed by atoms with Gasteiger partial charge < -0.3 is 18.7 Å². The maximum Gasteiger partial charge on any atom is 0.256 e. The van der Waals surface area contributed by atoms with Gasteiger partial charge in [0, 0.05) is 57.4 Å². The van der Waals surface area contributed by atoms with E-state index in [-0.39, 0.29) is 5.91 Å². The summed E-state index contributed by atoms with van der Waals surface area (Å²) in [5, 5.41) is 4.88. The third-order valence-electron chi connectivity index (χ3n) is 4.93. The summed E-state index contributed by atoms with van der Waals surface area (Å²) in [6, 6.07) is 8.00. The molecule has 0 N–H and O–H groups in total. The third-order valence-corrected chi connectivity index (χ3v) is 4.93. The second-order valence-corrected chi connectivity index (χ2v) is 6.78. The van der Waals surface area contributed by atoms with Crippen molar-refractivity contribution in [3.63, 3.8) is 0 Å². The summed E-state index contributed by atoms with van der Waals surface area (Å²) in [6.07, 6.45) is 1.93. The minimum atomic E-state index is 0.0895. The van der Waals surface area contributed by atoms with Crippen molar-refractivity contribution in [2.45, 2.75) is 13.2 Å². The first-order chi connectivity index (χ1) is 13.2. The van der Waals surface area contributed by atoms with Crippen LogP contribution in [0.5, 0.6) is 0 Å². The van der Waals surface area contributed by atoms with Crippen LogP contribution in [0.4, 0.5) is 0 Å². The molecule has 0 aliphatic carbocycles. The molecule has 3 heterocycles. The average Bonchev–Trinajstić information content (AvgIpc) is 3.27. The summed E-state index contributed by atoms with van der Waals surface area (Å²) >= 11 is 0. The first kappa shape index (κ1) is 17.7. The molecule has 1 aliphatic rings. The van der Waals surface area contributed by atoms with Gasteiger partial charge in [0.25, 0.3) is 5.91 Å². The van der Waals surface area contributed by atoms with E-state index in [4.69, 9.17) is 9.26 Å². The van der Waals surface area contributed by atoms with E-state index in [9.17, 15) is 4.79 Å². The number of aryl methyl sites for hydroxylation is 1. The monoisotopic (exact) mass is 369 g/mol. The molecule has 1 aromatic carbocycles. The molecule has 0 spiro atoms. The maximum atomic E-state index is 13.0. The van der Waals surface area contributed by atoms with Crippen molar-refractivity contribution in [2.24, 2.45) is 7.05 Å². The van der Waals surface area contributed by atoms with Gasteiger partial charge in [0.05, 0.1) is 12.1 Å². The normalized spacial score (nSPS) is 15.6. The number of hydrogen-bond acceptors (Lipinski definition) is 6. The Morgan fingerprint density at radius 2 is 2.00 bits per heavy atom. The number of nitrogens with zero attached hydrogens (tertiary/aromatic N) is 5. The van der Waals surface area contributed by atoms with Gasteiger partial charge in [-0.05, 0) is 6.07 Å². The van der Waals surface area contributed by atoms with Crippen LogP contribution in [0.2, 0.25) is 0 Å². The number of fused-ring (bicyclic) bond motifs is 1. The summed E-state index contributed by atoms with van der Waals surface area (Å²) in [7, 11) is 3.57. The number of ether oxygens (including phenoxy) is 1. The minimum Gasteiger partial charge on any atom is -0.377 e. The lowest BCUT2D eigenvalue weighted by molar-refractivity contribution is 0.0617. The molecule has 3 aromatic rings. The predicted molar refractivity (Wildman–Crippen MR) is 99.1 cm³/mol. The van der Waals surface area contributed by atoms with Crippen molar-refractivity contribution in [3.8, 4) is 0 Å². The number of carbonyl (C=O) groups is 1. The van der Waals surface area contributed by atoms with Crippen molar-refractivity contribution >= 4 is 16.8 Å². The molecular formula is C19H23N5O3. The molecule has 8 heteroatoms. The molecule has 1 fully saturated rings. The molecule has 4 rings (SSSR count). The standard InChI is InChI=1S/C19H23N5O3/c1-22-11-15(14-5-3-4-6-16(14)22)19(25)24-9-7-23(8-10-24)12-18-20-17(13-26-2)21-27-18/h3-6,11H,7-10,12-13H2,1-2H3. The number of hydrogen-bond donors (Lipinski definition) is 0. The third kappa shape index (κ3) is 3.58. The van der Waals surface area contributed by atoms with E-state index in [1.807, 2.05) is 47.0 Å². The van der Waals surface area contributed by atoms with Gasteiger partial charge in [0.15, 0.2) is 5.82 Å². The van der Waals surface area contributed by atoms with Crippen LogP contribution in [0, 0.1) is 0 Å². The second kappa shape index (κ2) is 7.50. The van der Waals surface area contributed by atoms with E-state index >= 15 is 0 Å². The van der Waals surface area contributed by atoms with Gasteiger partial charge in [0.1, 0.15) is 6.61 Å². The van der Waals surface area contributed by atoms with Gasteiger partial charge in [-0.3, -0.25) is 9.69 Å². The highest BCUT2D eigenvalue weighted by Gasteiger charge is 2.25. The lowest BCUT2D eigenvalue weighted by atomic mass is 10.1. The number of benzene rings is 1. The number of aromatic nitrogens is 3. The van der Waals surface area contributed by atoms with E-state index in [2.05, 4.69) is 15.0 Å². The quantitative estimate of drug-likeness (QED) is 0.681. The van der Waals surface area contributed by atoms with Gasteiger partial charge in [-0.15, -0.1) is 0 Å². The minimum absolute atomic E-state index is 0.0895.